The Labute approximate surface area is 124 Å². The number of benzene rings is 2. The normalized spacial score (nSPS) is 10.6. The van der Waals surface area contributed by atoms with Crippen LogP contribution in [0.2, 0.25) is 5.02 Å². The summed E-state index contributed by atoms with van der Waals surface area (Å²) in [7, 11) is 1.93. The van der Waals surface area contributed by atoms with E-state index in [4.69, 9.17) is 17.3 Å². The molecule has 2 aromatic carbocycles. The van der Waals surface area contributed by atoms with Crippen molar-refractivity contribution in [1.82, 2.24) is 0 Å². The van der Waals surface area contributed by atoms with Gasteiger partial charge in [0.2, 0.25) is 0 Å². The number of halogens is 2. The van der Waals surface area contributed by atoms with Crippen molar-refractivity contribution in [3.05, 3.63) is 64.4 Å². The summed E-state index contributed by atoms with van der Waals surface area (Å²) in [4.78, 5) is 2.00. The number of hydrogen-bond donors (Lipinski definition) is 1. The van der Waals surface area contributed by atoms with E-state index in [1.54, 1.807) is 12.1 Å². The highest BCUT2D eigenvalue weighted by Crippen LogP contribution is 2.26. The molecule has 2 rings (SSSR count). The molecule has 0 unspecified atom stereocenters. The molecule has 0 bridgehead atoms. The molecule has 20 heavy (non-hydrogen) atoms. The Morgan fingerprint density at radius 1 is 1.15 bits per heavy atom. The maximum Gasteiger partial charge on any atom is 0.128 e. The molecule has 4 heteroatoms. The Hall–Kier alpha value is -1.58. The molecular weight excluding hydrogens is 275 g/mol. The Kier molecular flexibility index (Phi) is 4.99. The van der Waals surface area contributed by atoms with E-state index in [0.29, 0.717) is 23.7 Å². The zero-order chi connectivity index (χ0) is 14.5. The van der Waals surface area contributed by atoms with Gasteiger partial charge >= 0.3 is 0 Å². The van der Waals surface area contributed by atoms with E-state index in [-0.39, 0.29) is 5.82 Å². The molecule has 0 saturated carbocycles. The zero-order valence-corrected chi connectivity index (χ0v) is 12.2. The van der Waals surface area contributed by atoms with Crippen molar-refractivity contribution in [2.75, 3.05) is 18.5 Å². The van der Waals surface area contributed by atoms with Gasteiger partial charge in [-0.2, -0.15) is 0 Å². The van der Waals surface area contributed by atoms with Gasteiger partial charge in [-0.25, -0.2) is 4.39 Å². The number of hydrogen-bond acceptors (Lipinski definition) is 2. The second kappa shape index (κ2) is 6.73. The Balaban J connectivity index is 2.26. The third-order valence-corrected chi connectivity index (χ3v) is 3.47. The van der Waals surface area contributed by atoms with Gasteiger partial charge in [0.05, 0.1) is 0 Å². The van der Waals surface area contributed by atoms with Crippen LogP contribution in [-0.4, -0.2) is 13.6 Å². The van der Waals surface area contributed by atoms with Gasteiger partial charge < -0.3 is 10.6 Å². The van der Waals surface area contributed by atoms with Crippen LogP contribution in [0.4, 0.5) is 10.1 Å². The molecule has 0 atom stereocenters. The first-order valence-electron chi connectivity index (χ1n) is 6.55. The highest BCUT2D eigenvalue weighted by Gasteiger charge is 2.10. The van der Waals surface area contributed by atoms with E-state index in [1.807, 2.05) is 36.2 Å². The first-order valence-corrected chi connectivity index (χ1v) is 6.92. The minimum atomic E-state index is -0.193. The molecule has 0 amide bonds. The van der Waals surface area contributed by atoms with Crippen LogP contribution in [0.25, 0.3) is 0 Å². The Bertz CT molecular complexity index is 586. The highest BCUT2D eigenvalue weighted by atomic mass is 35.5. The van der Waals surface area contributed by atoms with Crippen molar-refractivity contribution in [3.63, 3.8) is 0 Å². The fraction of sp³-hybridized carbons (Fsp3) is 0.250. The fourth-order valence-corrected chi connectivity index (χ4v) is 2.39. The summed E-state index contributed by atoms with van der Waals surface area (Å²) in [5, 5.41) is 0.668. The van der Waals surface area contributed by atoms with Crippen LogP contribution in [0.15, 0.2) is 42.5 Å². The second-order valence-corrected chi connectivity index (χ2v) is 5.20. The summed E-state index contributed by atoms with van der Waals surface area (Å²) < 4.78 is 13.7. The van der Waals surface area contributed by atoms with Crippen LogP contribution in [0, 0.1) is 5.82 Å². The van der Waals surface area contributed by atoms with Gasteiger partial charge in [0, 0.05) is 29.9 Å². The fourth-order valence-electron chi connectivity index (χ4n) is 2.23. The summed E-state index contributed by atoms with van der Waals surface area (Å²) in [5.41, 5.74) is 8.41. The summed E-state index contributed by atoms with van der Waals surface area (Å²) in [5.74, 6) is -0.193. The van der Waals surface area contributed by atoms with Crippen LogP contribution in [0.3, 0.4) is 0 Å². The minimum Gasteiger partial charge on any atom is -0.370 e. The predicted octanol–water partition coefficient (Wildman–Crippen LogP) is 3.62. The maximum absolute atomic E-state index is 13.7. The monoisotopic (exact) mass is 292 g/mol. The topological polar surface area (TPSA) is 29.3 Å². The largest absolute Gasteiger partial charge is 0.370 e. The lowest BCUT2D eigenvalue weighted by atomic mass is 10.1. The van der Waals surface area contributed by atoms with Gasteiger partial charge in [0.1, 0.15) is 5.82 Å². The SMILES string of the molecule is CN(Cc1ccccc1F)c1cc(Cl)ccc1CCN. The quantitative estimate of drug-likeness (QED) is 0.912. The average molecular weight is 293 g/mol. The number of anilines is 1. The van der Waals surface area contributed by atoms with E-state index in [2.05, 4.69) is 0 Å². The van der Waals surface area contributed by atoms with Crippen LogP contribution < -0.4 is 10.6 Å². The number of nitrogens with two attached hydrogens (primary N) is 1. The predicted molar refractivity (Wildman–Crippen MR) is 82.7 cm³/mol. The molecule has 2 aromatic rings. The van der Waals surface area contributed by atoms with E-state index in [0.717, 1.165) is 17.7 Å². The highest BCUT2D eigenvalue weighted by molar-refractivity contribution is 6.30. The summed E-state index contributed by atoms with van der Waals surface area (Å²) in [6.45, 7) is 1.06. The van der Waals surface area contributed by atoms with Crippen molar-refractivity contribution in [2.45, 2.75) is 13.0 Å². The molecule has 0 spiro atoms. The molecular formula is C16H18ClFN2. The molecule has 0 heterocycles. The Morgan fingerprint density at radius 3 is 2.60 bits per heavy atom. The van der Waals surface area contributed by atoms with E-state index in [1.165, 1.54) is 6.07 Å². The van der Waals surface area contributed by atoms with Crippen molar-refractivity contribution >= 4 is 17.3 Å². The third-order valence-electron chi connectivity index (χ3n) is 3.24. The van der Waals surface area contributed by atoms with Gasteiger partial charge in [-0.15, -0.1) is 0 Å². The smallest absolute Gasteiger partial charge is 0.128 e. The first kappa shape index (κ1) is 14.8. The third kappa shape index (κ3) is 3.50. The summed E-state index contributed by atoms with van der Waals surface area (Å²) in [6, 6.07) is 12.5. The van der Waals surface area contributed by atoms with E-state index in [9.17, 15) is 4.39 Å². The maximum atomic E-state index is 13.7. The van der Waals surface area contributed by atoms with E-state index < -0.39 is 0 Å². The van der Waals surface area contributed by atoms with Crippen molar-refractivity contribution in [2.24, 2.45) is 5.73 Å². The van der Waals surface area contributed by atoms with Gasteiger partial charge in [0.15, 0.2) is 0 Å². The number of nitrogens with zero attached hydrogens (tertiary/aromatic N) is 1. The lowest BCUT2D eigenvalue weighted by molar-refractivity contribution is 0.608. The van der Waals surface area contributed by atoms with E-state index >= 15 is 0 Å². The lowest BCUT2D eigenvalue weighted by Gasteiger charge is -2.23. The molecule has 0 aliphatic carbocycles. The summed E-state index contributed by atoms with van der Waals surface area (Å²) in [6.07, 6.45) is 0.772. The van der Waals surface area contributed by atoms with Crippen molar-refractivity contribution in [1.29, 1.82) is 0 Å². The Morgan fingerprint density at radius 2 is 1.90 bits per heavy atom. The van der Waals surface area contributed by atoms with Gasteiger partial charge in [0.25, 0.3) is 0 Å². The number of rotatable bonds is 5. The average Bonchev–Trinajstić information content (AvgIpc) is 2.43. The molecule has 0 aliphatic rings. The zero-order valence-electron chi connectivity index (χ0n) is 11.4. The van der Waals surface area contributed by atoms with Crippen molar-refractivity contribution < 1.29 is 4.39 Å². The lowest BCUT2D eigenvalue weighted by Crippen LogP contribution is -2.19. The molecule has 0 saturated heterocycles. The molecule has 2 nitrogen and oxygen atoms in total. The molecule has 0 radical (unpaired) electrons. The standard InChI is InChI=1S/C16H18ClFN2/c1-20(11-13-4-2-3-5-15(13)18)16-10-14(17)7-6-12(16)8-9-19/h2-7,10H,8-9,11,19H2,1H3. The minimum absolute atomic E-state index is 0.193. The summed E-state index contributed by atoms with van der Waals surface area (Å²) >= 11 is 6.06. The van der Waals surface area contributed by atoms with Gasteiger partial charge in [-0.1, -0.05) is 35.9 Å². The van der Waals surface area contributed by atoms with Crippen LogP contribution in [-0.2, 0) is 13.0 Å². The first-order chi connectivity index (χ1) is 9.61. The molecule has 0 aromatic heterocycles. The van der Waals surface area contributed by atoms with Crippen LogP contribution >= 0.6 is 11.6 Å². The molecule has 0 aliphatic heterocycles. The molecule has 106 valence electrons. The van der Waals surface area contributed by atoms with Gasteiger partial charge in [-0.3, -0.25) is 0 Å². The molecule has 2 N–H and O–H groups in total. The second-order valence-electron chi connectivity index (χ2n) is 4.76. The van der Waals surface area contributed by atoms with Crippen molar-refractivity contribution in [3.8, 4) is 0 Å². The van der Waals surface area contributed by atoms with Crippen LogP contribution in [0.5, 0.6) is 0 Å². The van der Waals surface area contributed by atoms with Gasteiger partial charge in [-0.05, 0) is 36.7 Å². The molecule has 0 fully saturated rings. The van der Waals surface area contributed by atoms with Crippen LogP contribution in [0.1, 0.15) is 11.1 Å².